The molecule has 166 valence electrons. The molecule has 4 rings (SSSR count). The summed E-state index contributed by atoms with van der Waals surface area (Å²) >= 11 is 7.94. The smallest absolute Gasteiger partial charge is 0.255 e. The molecule has 1 atom stereocenters. The molecule has 0 radical (unpaired) electrons. The Morgan fingerprint density at radius 3 is 2.78 bits per heavy atom. The van der Waals surface area contributed by atoms with Crippen molar-refractivity contribution in [1.82, 2.24) is 14.8 Å². The Bertz CT molecular complexity index is 1190. The fraction of sp³-hybridized carbons (Fsp3) is 0.261. The van der Waals surface area contributed by atoms with Crippen molar-refractivity contribution < 1.29 is 9.18 Å². The number of benzene rings is 2. The predicted molar refractivity (Wildman–Crippen MR) is 127 cm³/mol. The van der Waals surface area contributed by atoms with Crippen LogP contribution in [0.25, 0.3) is 0 Å². The first-order valence-corrected chi connectivity index (χ1v) is 11.6. The van der Waals surface area contributed by atoms with Crippen molar-refractivity contribution >= 4 is 40.9 Å². The van der Waals surface area contributed by atoms with E-state index >= 15 is 4.39 Å². The van der Waals surface area contributed by atoms with E-state index in [2.05, 4.69) is 27.6 Å². The number of nitrogens with one attached hydrogen (secondary N) is 2. The minimum atomic E-state index is -0.867. The van der Waals surface area contributed by atoms with Gasteiger partial charge in [-0.05, 0) is 50.1 Å². The van der Waals surface area contributed by atoms with Crippen LogP contribution in [0.15, 0.2) is 58.9 Å². The fourth-order valence-corrected chi connectivity index (χ4v) is 4.59. The number of aromatic nitrogens is 3. The number of nitrogens with zero attached hydrogens (tertiary/aromatic N) is 3. The second-order valence-corrected chi connectivity index (χ2v) is 9.01. The van der Waals surface area contributed by atoms with E-state index in [0.29, 0.717) is 28.1 Å². The second-order valence-electron chi connectivity index (χ2n) is 7.54. The number of amides is 1. The number of hydrogen-bond acceptors (Lipinski definition) is 5. The molecule has 1 aliphatic heterocycles. The van der Waals surface area contributed by atoms with Gasteiger partial charge in [0.05, 0.1) is 5.57 Å². The third-order valence-electron chi connectivity index (χ3n) is 5.06. The lowest BCUT2D eigenvalue weighted by Crippen LogP contribution is -2.32. The molecule has 0 fully saturated rings. The van der Waals surface area contributed by atoms with Crippen molar-refractivity contribution in [2.45, 2.75) is 38.4 Å². The van der Waals surface area contributed by atoms with E-state index in [1.54, 1.807) is 17.7 Å². The van der Waals surface area contributed by atoms with Gasteiger partial charge in [-0.1, -0.05) is 48.5 Å². The van der Waals surface area contributed by atoms with Crippen LogP contribution < -0.4 is 10.6 Å². The van der Waals surface area contributed by atoms with E-state index in [-0.39, 0.29) is 16.5 Å². The van der Waals surface area contributed by atoms with Gasteiger partial charge in [0, 0.05) is 27.7 Å². The summed E-state index contributed by atoms with van der Waals surface area (Å²) in [7, 11) is 0. The van der Waals surface area contributed by atoms with Crippen molar-refractivity contribution in [2.75, 3.05) is 16.4 Å². The van der Waals surface area contributed by atoms with E-state index in [0.717, 1.165) is 17.7 Å². The molecule has 1 aliphatic rings. The maximum atomic E-state index is 15.1. The summed E-state index contributed by atoms with van der Waals surface area (Å²) in [5.41, 5.74) is 2.73. The first-order valence-electron chi connectivity index (χ1n) is 10.3. The molecule has 0 bridgehead atoms. The fourth-order valence-electron chi connectivity index (χ4n) is 3.64. The molecule has 1 unspecified atom stereocenters. The lowest BCUT2D eigenvalue weighted by molar-refractivity contribution is -0.113. The Hall–Kier alpha value is -2.84. The zero-order valence-corrected chi connectivity index (χ0v) is 19.5. The number of aryl methyl sites for hydroxylation is 1. The van der Waals surface area contributed by atoms with E-state index in [9.17, 15) is 4.79 Å². The summed E-state index contributed by atoms with van der Waals surface area (Å²) in [6.45, 7) is 5.79. The summed E-state index contributed by atoms with van der Waals surface area (Å²) in [6, 6.07) is 11.1. The Morgan fingerprint density at radius 1 is 1.28 bits per heavy atom. The zero-order valence-electron chi connectivity index (χ0n) is 17.9. The first-order chi connectivity index (χ1) is 15.4. The maximum absolute atomic E-state index is 15.1. The van der Waals surface area contributed by atoms with Crippen molar-refractivity contribution in [1.29, 1.82) is 0 Å². The van der Waals surface area contributed by atoms with Crippen molar-refractivity contribution in [3.63, 3.8) is 0 Å². The van der Waals surface area contributed by atoms with Crippen molar-refractivity contribution in [2.24, 2.45) is 0 Å². The van der Waals surface area contributed by atoms with Gasteiger partial charge in [-0.15, -0.1) is 5.10 Å². The number of carbonyl (C=O) groups is 1. The first kappa shape index (κ1) is 22.4. The maximum Gasteiger partial charge on any atom is 0.255 e. The molecule has 2 aromatic carbocycles. The van der Waals surface area contributed by atoms with Gasteiger partial charge in [-0.2, -0.15) is 4.98 Å². The molecule has 6 nitrogen and oxygen atoms in total. The number of thioether (sulfide) groups is 1. The monoisotopic (exact) mass is 471 g/mol. The van der Waals surface area contributed by atoms with Crippen LogP contribution in [0.5, 0.6) is 0 Å². The van der Waals surface area contributed by atoms with Crippen LogP contribution >= 0.6 is 23.4 Å². The Labute approximate surface area is 195 Å². The van der Waals surface area contributed by atoms with E-state index in [1.165, 1.54) is 23.9 Å². The largest absolute Gasteiger partial charge is 0.328 e. The average molecular weight is 472 g/mol. The topological polar surface area (TPSA) is 71.8 Å². The van der Waals surface area contributed by atoms with Gasteiger partial charge in [0.15, 0.2) is 0 Å². The number of rotatable bonds is 6. The highest BCUT2D eigenvalue weighted by Crippen LogP contribution is 2.40. The molecule has 0 aliphatic carbocycles. The van der Waals surface area contributed by atoms with E-state index in [4.69, 9.17) is 11.6 Å². The van der Waals surface area contributed by atoms with Crippen LogP contribution in [0, 0.1) is 12.7 Å². The highest BCUT2D eigenvalue weighted by atomic mass is 35.5. The molecule has 0 saturated carbocycles. The summed E-state index contributed by atoms with van der Waals surface area (Å²) in [6.07, 6.45) is 0.964. The molecule has 2 N–H and O–H groups in total. The second kappa shape index (κ2) is 9.34. The van der Waals surface area contributed by atoms with Gasteiger partial charge in [0.1, 0.15) is 11.9 Å². The van der Waals surface area contributed by atoms with Crippen LogP contribution in [-0.4, -0.2) is 26.4 Å². The van der Waals surface area contributed by atoms with Gasteiger partial charge in [-0.25, -0.2) is 9.07 Å². The Morgan fingerprint density at radius 2 is 2.06 bits per heavy atom. The molecular weight excluding hydrogens is 449 g/mol. The van der Waals surface area contributed by atoms with Gasteiger partial charge < -0.3 is 10.6 Å². The quantitative estimate of drug-likeness (QED) is 0.444. The summed E-state index contributed by atoms with van der Waals surface area (Å²) < 4.78 is 16.6. The summed E-state index contributed by atoms with van der Waals surface area (Å²) in [4.78, 5) is 18.0. The highest BCUT2D eigenvalue weighted by Gasteiger charge is 2.37. The molecule has 0 saturated heterocycles. The summed E-state index contributed by atoms with van der Waals surface area (Å²) in [5.74, 6) is 0.412. The molecule has 1 amide bonds. The molecule has 2 heterocycles. The van der Waals surface area contributed by atoms with Crippen LogP contribution in [0.2, 0.25) is 5.02 Å². The molecule has 3 aromatic rings. The SMILES string of the molecule is CCCSc1nc2n(n1)C(c1c(F)cccc1Cl)C(C(=O)Nc1cccc(C)c1)=C(C)N2. The number of anilines is 2. The Balaban J connectivity index is 1.81. The van der Waals surface area contributed by atoms with Crippen molar-refractivity contribution in [3.05, 3.63) is 75.7 Å². The van der Waals surface area contributed by atoms with Gasteiger partial charge in [0.2, 0.25) is 11.1 Å². The average Bonchev–Trinajstić information content (AvgIpc) is 3.14. The molecule has 1 aromatic heterocycles. The number of fused-ring (bicyclic) bond motifs is 1. The summed E-state index contributed by atoms with van der Waals surface area (Å²) in [5, 5.41) is 11.4. The van der Waals surface area contributed by atoms with Crippen LogP contribution in [-0.2, 0) is 4.79 Å². The van der Waals surface area contributed by atoms with Crippen LogP contribution in [0.4, 0.5) is 16.0 Å². The minimum absolute atomic E-state index is 0.183. The predicted octanol–water partition coefficient (Wildman–Crippen LogP) is 5.81. The molecule has 9 heteroatoms. The van der Waals surface area contributed by atoms with E-state index in [1.807, 2.05) is 31.2 Å². The van der Waals surface area contributed by atoms with Gasteiger partial charge in [-0.3, -0.25) is 4.79 Å². The lowest BCUT2D eigenvalue weighted by Gasteiger charge is -2.29. The standard InChI is InChI=1S/C23H23ClFN5OS/c1-4-11-32-23-28-22-26-14(3)18(21(31)27-15-8-5-7-13(2)12-15)20(30(22)29-23)19-16(24)9-6-10-17(19)25/h5-10,12,20H,4,11H2,1-3H3,(H,27,31)(H,26,28,29). The number of carbonyl (C=O) groups excluding carboxylic acids is 1. The van der Waals surface area contributed by atoms with Gasteiger partial charge in [0.25, 0.3) is 5.91 Å². The highest BCUT2D eigenvalue weighted by molar-refractivity contribution is 7.99. The van der Waals surface area contributed by atoms with Gasteiger partial charge >= 0.3 is 0 Å². The van der Waals surface area contributed by atoms with Crippen LogP contribution in [0.3, 0.4) is 0 Å². The van der Waals surface area contributed by atoms with Crippen molar-refractivity contribution in [3.8, 4) is 0 Å². The normalized spacial score (nSPS) is 15.3. The third kappa shape index (κ3) is 4.38. The molecule has 32 heavy (non-hydrogen) atoms. The number of halogens is 2. The lowest BCUT2D eigenvalue weighted by atomic mass is 9.94. The van der Waals surface area contributed by atoms with E-state index < -0.39 is 11.9 Å². The Kier molecular flexibility index (Phi) is 6.53. The zero-order chi connectivity index (χ0) is 22.8. The van der Waals surface area contributed by atoms with Crippen LogP contribution in [0.1, 0.15) is 37.4 Å². The molecular formula is C23H23ClFN5OS. The number of allylic oxidation sites excluding steroid dienone is 1. The number of hydrogen-bond donors (Lipinski definition) is 2. The minimum Gasteiger partial charge on any atom is -0.328 e. The molecule has 0 spiro atoms. The third-order valence-corrected chi connectivity index (χ3v) is 6.44.